The lowest BCUT2D eigenvalue weighted by Gasteiger charge is -2.27. The number of hydrogen-bond donors (Lipinski definition) is 0. The van der Waals surface area contributed by atoms with Crippen LogP contribution in [0.3, 0.4) is 0 Å². The number of likely N-dealkylation sites (tertiary alicyclic amines) is 1. The molecule has 3 amide bonds. The van der Waals surface area contributed by atoms with Crippen LogP contribution in [0.5, 0.6) is 5.75 Å². The topological polar surface area (TPSA) is 66.9 Å². The van der Waals surface area contributed by atoms with Gasteiger partial charge in [-0.15, -0.1) is 0 Å². The molecule has 2 aliphatic rings. The maximum absolute atomic E-state index is 12.8. The number of thioether (sulfide) groups is 1. The number of ether oxygens (including phenoxy) is 1. The molecule has 2 aromatic rings. The zero-order chi connectivity index (χ0) is 25.1. The Balaban J connectivity index is 1.45. The molecule has 2 fully saturated rings. The fraction of sp³-hybridized carbons (Fsp3) is 0.292. The summed E-state index contributed by atoms with van der Waals surface area (Å²) in [5, 5.41) is 0.847. The van der Waals surface area contributed by atoms with Gasteiger partial charge in [0.1, 0.15) is 13.2 Å². The highest BCUT2D eigenvalue weighted by Gasteiger charge is 2.37. The van der Waals surface area contributed by atoms with Crippen molar-refractivity contribution in [2.75, 3.05) is 19.6 Å². The number of imide groups is 1. The van der Waals surface area contributed by atoms with Crippen molar-refractivity contribution in [3.8, 4) is 5.75 Å². The SMILES string of the molecule is O=C(CN1C(=O)S/C(=C\c2cc(Cl)c(OCc3ccc(Cl)c(Cl)c3)c(Cl)c2)C1=O)N1CCCCC1. The maximum atomic E-state index is 12.8. The Bertz CT molecular complexity index is 1190. The van der Waals surface area contributed by atoms with Crippen LogP contribution < -0.4 is 4.74 Å². The summed E-state index contributed by atoms with van der Waals surface area (Å²) in [7, 11) is 0. The quantitative estimate of drug-likeness (QED) is 0.351. The zero-order valence-electron chi connectivity index (χ0n) is 18.4. The molecule has 0 atom stereocenters. The summed E-state index contributed by atoms with van der Waals surface area (Å²) in [5.74, 6) is -0.461. The number of benzene rings is 2. The van der Waals surface area contributed by atoms with E-state index in [1.165, 1.54) is 6.08 Å². The van der Waals surface area contributed by atoms with Crippen LogP contribution >= 0.6 is 58.2 Å². The van der Waals surface area contributed by atoms with Crippen LogP contribution in [0, 0.1) is 0 Å². The first-order valence-electron chi connectivity index (χ1n) is 10.8. The first-order valence-corrected chi connectivity index (χ1v) is 13.1. The molecule has 0 aliphatic carbocycles. The summed E-state index contributed by atoms with van der Waals surface area (Å²) in [5.41, 5.74) is 1.30. The van der Waals surface area contributed by atoms with Crippen LogP contribution in [0.15, 0.2) is 35.2 Å². The Morgan fingerprint density at radius 2 is 1.63 bits per heavy atom. The summed E-state index contributed by atoms with van der Waals surface area (Å²) in [6, 6.07) is 8.31. The van der Waals surface area contributed by atoms with Gasteiger partial charge in [-0.3, -0.25) is 19.3 Å². The lowest BCUT2D eigenvalue weighted by molar-refractivity contribution is -0.136. The van der Waals surface area contributed by atoms with Crippen molar-refractivity contribution in [2.24, 2.45) is 0 Å². The number of halogens is 4. The van der Waals surface area contributed by atoms with E-state index in [1.54, 1.807) is 35.2 Å². The third kappa shape index (κ3) is 6.27. The molecule has 0 aromatic heterocycles. The monoisotopic (exact) mass is 572 g/mol. The van der Waals surface area contributed by atoms with E-state index >= 15 is 0 Å². The van der Waals surface area contributed by atoms with E-state index in [1.807, 2.05) is 0 Å². The van der Waals surface area contributed by atoms with Crippen molar-refractivity contribution in [3.63, 3.8) is 0 Å². The third-order valence-corrected chi connectivity index (χ3v) is 7.77. The summed E-state index contributed by atoms with van der Waals surface area (Å²) < 4.78 is 5.77. The van der Waals surface area contributed by atoms with Crippen LogP contribution in [0.2, 0.25) is 20.1 Å². The molecule has 6 nitrogen and oxygen atoms in total. The molecule has 11 heteroatoms. The van der Waals surface area contributed by atoms with Gasteiger partial charge in [0.05, 0.1) is 25.0 Å². The lowest BCUT2D eigenvalue weighted by Crippen LogP contribution is -2.44. The summed E-state index contributed by atoms with van der Waals surface area (Å²) in [6.07, 6.45) is 4.47. The van der Waals surface area contributed by atoms with Gasteiger partial charge in [0.2, 0.25) is 5.91 Å². The third-order valence-electron chi connectivity index (χ3n) is 5.56. The molecule has 0 bridgehead atoms. The number of nitrogens with zero attached hydrogens (tertiary/aromatic N) is 2. The number of hydrogen-bond acceptors (Lipinski definition) is 5. The second kappa shape index (κ2) is 11.4. The molecule has 35 heavy (non-hydrogen) atoms. The molecule has 2 heterocycles. The molecule has 2 saturated heterocycles. The van der Waals surface area contributed by atoms with Crippen LogP contribution in [0.4, 0.5) is 4.79 Å². The average molecular weight is 574 g/mol. The smallest absolute Gasteiger partial charge is 0.294 e. The molecular formula is C24H20Cl4N2O4S. The van der Waals surface area contributed by atoms with Crippen LogP contribution in [-0.2, 0) is 16.2 Å². The highest BCUT2D eigenvalue weighted by atomic mass is 35.5. The Kier molecular flexibility index (Phi) is 8.55. The molecular weight excluding hydrogens is 554 g/mol. The predicted octanol–water partition coefficient (Wildman–Crippen LogP) is 6.93. The van der Waals surface area contributed by atoms with Gasteiger partial charge in [-0.2, -0.15) is 0 Å². The number of carbonyl (C=O) groups is 3. The van der Waals surface area contributed by atoms with Crippen molar-refractivity contribution in [2.45, 2.75) is 25.9 Å². The van der Waals surface area contributed by atoms with Gasteiger partial charge in [-0.1, -0.05) is 52.5 Å². The number of rotatable bonds is 6. The second-order valence-electron chi connectivity index (χ2n) is 8.06. The molecule has 0 radical (unpaired) electrons. The summed E-state index contributed by atoms with van der Waals surface area (Å²) in [6.45, 7) is 1.22. The van der Waals surface area contributed by atoms with Crippen LogP contribution in [0.1, 0.15) is 30.4 Å². The van der Waals surface area contributed by atoms with Crippen LogP contribution in [0.25, 0.3) is 6.08 Å². The molecule has 0 saturated carbocycles. The van der Waals surface area contributed by atoms with E-state index in [-0.39, 0.29) is 39.8 Å². The van der Waals surface area contributed by atoms with E-state index in [9.17, 15) is 14.4 Å². The van der Waals surface area contributed by atoms with Gasteiger partial charge in [0.25, 0.3) is 11.1 Å². The lowest BCUT2D eigenvalue weighted by atomic mass is 10.1. The highest BCUT2D eigenvalue weighted by molar-refractivity contribution is 8.18. The summed E-state index contributed by atoms with van der Waals surface area (Å²) in [4.78, 5) is 40.6. The van der Waals surface area contributed by atoms with E-state index in [2.05, 4.69) is 0 Å². The van der Waals surface area contributed by atoms with Crippen molar-refractivity contribution < 1.29 is 19.1 Å². The first kappa shape index (κ1) is 26.2. The molecule has 0 unspecified atom stereocenters. The molecule has 4 rings (SSSR count). The van der Waals surface area contributed by atoms with Crippen molar-refractivity contribution in [1.82, 2.24) is 9.80 Å². The van der Waals surface area contributed by atoms with E-state index in [0.717, 1.165) is 41.5 Å². The Morgan fingerprint density at radius 1 is 0.943 bits per heavy atom. The average Bonchev–Trinajstić information content (AvgIpc) is 3.08. The van der Waals surface area contributed by atoms with E-state index < -0.39 is 11.1 Å². The van der Waals surface area contributed by atoms with E-state index in [0.29, 0.717) is 28.7 Å². The van der Waals surface area contributed by atoms with Gasteiger partial charge < -0.3 is 9.64 Å². The zero-order valence-corrected chi connectivity index (χ0v) is 22.2. The van der Waals surface area contributed by atoms with Crippen LogP contribution in [-0.4, -0.2) is 46.5 Å². The Labute approximate surface area is 227 Å². The minimum atomic E-state index is -0.516. The highest BCUT2D eigenvalue weighted by Crippen LogP contribution is 2.38. The second-order valence-corrected chi connectivity index (χ2v) is 10.7. The van der Waals surface area contributed by atoms with Gasteiger partial charge in [0.15, 0.2) is 5.75 Å². The normalized spacial score (nSPS) is 17.4. The fourth-order valence-electron chi connectivity index (χ4n) is 3.75. The number of carbonyl (C=O) groups excluding carboxylic acids is 3. The standard InChI is InChI=1S/C24H20Cl4N2O4S/c25-16-5-4-14(8-17(16)26)13-34-22-18(27)9-15(10-19(22)28)11-20-23(32)30(24(33)35-20)12-21(31)29-6-2-1-3-7-29/h4-5,8-11H,1-3,6-7,12-13H2/b20-11-. The number of piperidine rings is 1. The van der Waals surface area contributed by atoms with Gasteiger partial charge in [0, 0.05) is 13.1 Å². The fourth-order valence-corrected chi connectivity index (χ4v) is 5.52. The molecule has 0 spiro atoms. The molecule has 2 aromatic carbocycles. The van der Waals surface area contributed by atoms with Crippen molar-refractivity contribution >= 4 is 81.3 Å². The Hall–Kier alpha value is -1.90. The van der Waals surface area contributed by atoms with E-state index in [4.69, 9.17) is 51.1 Å². The maximum Gasteiger partial charge on any atom is 0.294 e. The molecule has 184 valence electrons. The van der Waals surface area contributed by atoms with Crippen molar-refractivity contribution in [3.05, 3.63) is 66.5 Å². The van der Waals surface area contributed by atoms with Gasteiger partial charge in [-0.05, 0) is 72.5 Å². The van der Waals surface area contributed by atoms with Crippen molar-refractivity contribution in [1.29, 1.82) is 0 Å². The summed E-state index contributed by atoms with van der Waals surface area (Å²) >= 11 is 25.5. The predicted molar refractivity (Wildman–Crippen MR) is 140 cm³/mol. The molecule has 2 aliphatic heterocycles. The van der Waals surface area contributed by atoms with Gasteiger partial charge >= 0.3 is 0 Å². The largest absolute Gasteiger partial charge is 0.486 e. The first-order chi connectivity index (χ1) is 16.7. The minimum absolute atomic E-state index is 0.166. The minimum Gasteiger partial charge on any atom is -0.486 e. The molecule has 0 N–H and O–H groups in total. The number of amides is 3. The Morgan fingerprint density at radius 3 is 2.29 bits per heavy atom. The van der Waals surface area contributed by atoms with Gasteiger partial charge in [-0.25, -0.2) is 0 Å².